The van der Waals surface area contributed by atoms with E-state index in [0.717, 1.165) is 17.6 Å². The van der Waals surface area contributed by atoms with Gasteiger partial charge in [0.2, 0.25) is 5.71 Å². The number of carbonyl (C=O) groups is 1. The summed E-state index contributed by atoms with van der Waals surface area (Å²) in [6.45, 7) is 0. The molecule has 1 aliphatic carbocycles. The van der Waals surface area contributed by atoms with Gasteiger partial charge in [0.05, 0.1) is 7.11 Å². The van der Waals surface area contributed by atoms with Crippen molar-refractivity contribution in [3.05, 3.63) is 65.5 Å². The Labute approximate surface area is 127 Å². The molecule has 110 valence electrons. The zero-order chi connectivity index (χ0) is 15.1. The van der Waals surface area contributed by atoms with Crippen LogP contribution in [0.15, 0.2) is 52.9 Å². The first kappa shape index (κ1) is 13.1. The second-order valence-electron chi connectivity index (χ2n) is 5.59. The van der Waals surface area contributed by atoms with Crippen LogP contribution in [0.2, 0.25) is 0 Å². The minimum atomic E-state index is -0.451. The highest BCUT2D eigenvalue weighted by molar-refractivity contribution is 5.90. The number of benzene rings is 1. The zero-order valence-corrected chi connectivity index (χ0v) is 12.2. The van der Waals surface area contributed by atoms with Gasteiger partial charge in [0.25, 0.3) is 0 Å². The predicted molar refractivity (Wildman–Crippen MR) is 81.9 cm³/mol. The van der Waals surface area contributed by atoms with Crippen LogP contribution in [0.5, 0.6) is 0 Å². The molecule has 0 radical (unpaired) electrons. The molecular formula is C18H15NO3. The van der Waals surface area contributed by atoms with E-state index in [4.69, 9.17) is 4.42 Å². The van der Waals surface area contributed by atoms with Gasteiger partial charge in [-0.2, -0.15) is 0 Å². The lowest BCUT2D eigenvalue weighted by Gasteiger charge is -1.97. The molecule has 0 spiro atoms. The molecule has 4 nitrogen and oxygen atoms in total. The number of pyridine rings is 1. The van der Waals surface area contributed by atoms with E-state index in [2.05, 4.69) is 34.0 Å². The summed E-state index contributed by atoms with van der Waals surface area (Å²) in [5.41, 5.74) is 2.11. The molecule has 2 aromatic heterocycles. The Morgan fingerprint density at radius 1 is 1.18 bits per heavy atom. The van der Waals surface area contributed by atoms with Gasteiger partial charge in [0.1, 0.15) is 5.76 Å². The van der Waals surface area contributed by atoms with Gasteiger partial charge in [-0.05, 0) is 36.1 Å². The molecule has 1 fully saturated rings. The molecule has 4 rings (SSSR count). The largest absolute Gasteiger partial charge is 0.464 e. The van der Waals surface area contributed by atoms with Crippen LogP contribution in [0.3, 0.4) is 0 Å². The average molecular weight is 293 g/mol. The Balaban J connectivity index is 1.63. The average Bonchev–Trinajstić information content (AvgIpc) is 3.26. The number of hydrogen-bond acceptors (Lipinski definition) is 4. The number of hydrogen-bond donors (Lipinski definition) is 0. The van der Waals surface area contributed by atoms with E-state index in [1.54, 1.807) is 6.07 Å². The predicted octanol–water partition coefficient (Wildman–Crippen LogP) is 3.89. The fourth-order valence-corrected chi connectivity index (χ4v) is 2.92. The minimum Gasteiger partial charge on any atom is -0.464 e. The molecule has 1 saturated carbocycles. The van der Waals surface area contributed by atoms with Gasteiger partial charge < -0.3 is 9.15 Å². The van der Waals surface area contributed by atoms with Crippen LogP contribution in [-0.4, -0.2) is 18.1 Å². The van der Waals surface area contributed by atoms with Gasteiger partial charge in [-0.3, -0.25) is 0 Å². The number of fused-ring (bicyclic) bond motifs is 1. The van der Waals surface area contributed by atoms with Crippen molar-refractivity contribution in [2.45, 2.75) is 18.3 Å². The van der Waals surface area contributed by atoms with Crippen LogP contribution < -0.4 is 0 Å². The van der Waals surface area contributed by atoms with Gasteiger partial charge in [-0.1, -0.05) is 30.3 Å². The van der Waals surface area contributed by atoms with E-state index in [0.29, 0.717) is 17.5 Å². The van der Waals surface area contributed by atoms with Crippen molar-refractivity contribution in [3.8, 4) is 0 Å². The first-order chi connectivity index (χ1) is 10.8. The maximum absolute atomic E-state index is 11.5. The van der Waals surface area contributed by atoms with E-state index < -0.39 is 5.97 Å². The summed E-state index contributed by atoms with van der Waals surface area (Å²) >= 11 is 0. The summed E-state index contributed by atoms with van der Waals surface area (Å²) in [4.78, 5) is 15.8. The van der Waals surface area contributed by atoms with Gasteiger partial charge in [0, 0.05) is 11.3 Å². The van der Waals surface area contributed by atoms with Gasteiger partial charge in [0.15, 0.2) is 5.69 Å². The van der Waals surface area contributed by atoms with Crippen LogP contribution in [0, 0.1) is 0 Å². The molecular weight excluding hydrogens is 278 g/mol. The Morgan fingerprint density at radius 3 is 2.77 bits per heavy atom. The first-order valence-corrected chi connectivity index (χ1v) is 7.30. The summed E-state index contributed by atoms with van der Waals surface area (Å²) in [5.74, 6) is 1.41. The maximum atomic E-state index is 11.5. The Bertz CT molecular complexity index is 838. The summed E-state index contributed by atoms with van der Waals surface area (Å²) < 4.78 is 10.5. The molecule has 0 unspecified atom stereocenters. The standard InChI is InChI=1S/C18H15NO3/c1-21-18(20)15-8-7-12-9-16(22-17(12)19-15)14-10-13(14)11-5-3-2-4-6-11/h2-9,13-14H,10H2,1H3/t13-,14+/m0/s1. The van der Waals surface area contributed by atoms with E-state index in [-0.39, 0.29) is 5.69 Å². The fraction of sp³-hybridized carbons (Fsp3) is 0.222. The Kier molecular flexibility index (Phi) is 2.96. The molecule has 1 aliphatic rings. The van der Waals surface area contributed by atoms with Crippen molar-refractivity contribution in [2.75, 3.05) is 7.11 Å². The third kappa shape index (κ3) is 2.17. The molecule has 0 N–H and O–H groups in total. The summed E-state index contributed by atoms with van der Waals surface area (Å²) in [6, 6.07) is 16.0. The number of rotatable bonds is 3. The number of aromatic nitrogens is 1. The highest BCUT2D eigenvalue weighted by Gasteiger charge is 2.41. The summed E-state index contributed by atoms with van der Waals surface area (Å²) in [5, 5.41) is 0.918. The molecule has 3 aromatic rings. The normalized spacial score (nSPS) is 20.0. The zero-order valence-electron chi connectivity index (χ0n) is 12.2. The Hall–Kier alpha value is -2.62. The molecule has 0 saturated heterocycles. The fourth-order valence-electron chi connectivity index (χ4n) is 2.92. The van der Waals surface area contributed by atoms with Crippen LogP contribution in [-0.2, 0) is 4.74 Å². The smallest absolute Gasteiger partial charge is 0.356 e. The molecule has 2 heterocycles. The third-order valence-electron chi connectivity index (χ3n) is 4.18. The van der Waals surface area contributed by atoms with Crippen molar-refractivity contribution in [1.82, 2.24) is 4.98 Å². The second-order valence-corrected chi connectivity index (χ2v) is 5.59. The molecule has 4 heteroatoms. The summed E-state index contributed by atoms with van der Waals surface area (Å²) in [6.07, 6.45) is 1.09. The molecule has 2 atom stereocenters. The van der Waals surface area contributed by atoms with Crippen molar-refractivity contribution in [3.63, 3.8) is 0 Å². The number of ether oxygens (including phenoxy) is 1. The lowest BCUT2D eigenvalue weighted by molar-refractivity contribution is 0.0594. The van der Waals surface area contributed by atoms with Crippen molar-refractivity contribution in [2.24, 2.45) is 0 Å². The van der Waals surface area contributed by atoms with Crippen molar-refractivity contribution < 1.29 is 13.9 Å². The van der Waals surface area contributed by atoms with Crippen molar-refractivity contribution in [1.29, 1.82) is 0 Å². The van der Waals surface area contributed by atoms with Crippen LogP contribution in [0.25, 0.3) is 11.1 Å². The monoisotopic (exact) mass is 293 g/mol. The van der Waals surface area contributed by atoms with Crippen LogP contribution >= 0.6 is 0 Å². The molecule has 0 amide bonds. The van der Waals surface area contributed by atoms with E-state index in [9.17, 15) is 4.79 Å². The lowest BCUT2D eigenvalue weighted by Crippen LogP contribution is -2.03. The quantitative estimate of drug-likeness (QED) is 0.687. The molecule has 22 heavy (non-hydrogen) atoms. The Morgan fingerprint density at radius 2 is 2.00 bits per heavy atom. The van der Waals surface area contributed by atoms with Crippen LogP contribution in [0.1, 0.15) is 40.1 Å². The van der Waals surface area contributed by atoms with Gasteiger partial charge >= 0.3 is 5.97 Å². The second kappa shape index (κ2) is 4.98. The number of esters is 1. The molecule has 0 aliphatic heterocycles. The topological polar surface area (TPSA) is 52.3 Å². The minimum absolute atomic E-state index is 0.270. The summed E-state index contributed by atoms with van der Waals surface area (Å²) in [7, 11) is 1.34. The maximum Gasteiger partial charge on any atom is 0.356 e. The lowest BCUT2D eigenvalue weighted by atomic mass is 10.1. The molecule has 0 bridgehead atoms. The highest BCUT2D eigenvalue weighted by atomic mass is 16.5. The van der Waals surface area contributed by atoms with E-state index in [1.807, 2.05) is 18.2 Å². The van der Waals surface area contributed by atoms with Gasteiger partial charge in [-0.25, -0.2) is 9.78 Å². The number of carbonyl (C=O) groups excluding carboxylic acids is 1. The van der Waals surface area contributed by atoms with Crippen LogP contribution in [0.4, 0.5) is 0 Å². The first-order valence-electron chi connectivity index (χ1n) is 7.30. The van der Waals surface area contributed by atoms with E-state index >= 15 is 0 Å². The van der Waals surface area contributed by atoms with Gasteiger partial charge in [-0.15, -0.1) is 0 Å². The number of methoxy groups -OCH3 is 1. The third-order valence-corrected chi connectivity index (χ3v) is 4.18. The number of nitrogens with zero attached hydrogens (tertiary/aromatic N) is 1. The highest BCUT2D eigenvalue weighted by Crippen LogP contribution is 2.55. The SMILES string of the molecule is COC(=O)c1ccc2cc([C@@H]3C[C@H]3c3ccccc3)oc2n1. The van der Waals surface area contributed by atoms with Crippen molar-refractivity contribution >= 4 is 17.1 Å². The molecule has 1 aromatic carbocycles. The number of furan rings is 1. The van der Waals surface area contributed by atoms with E-state index in [1.165, 1.54) is 12.7 Å².